The summed E-state index contributed by atoms with van der Waals surface area (Å²) in [5, 5.41) is 13.6. The number of nitro benzene ring substituents is 1. The Morgan fingerprint density at radius 3 is 2.36 bits per heavy atom. The summed E-state index contributed by atoms with van der Waals surface area (Å²) in [6, 6.07) is 19.1. The SMILES string of the molecule is CCOc1ccc(S(=O)(=O)N[C@H](Cc2ccccc2)C(=O)Nc2cccc([N+](=O)[O-])c2)cc1. The minimum absolute atomic E-state index is 0.0211. The Hall–Kier alpha value is -3.76. The van der Waals surface area contributed by atoms with Gasteiger partial charge < -0.3 is 10.1 Å². The first-order chi connectivity index (χ1) is 15.8. The number of hydrogen-bond acceptors (Lipinski definition) is 6. The zero-order chi connectivity index (χ0) is 23.8. The molecular weight excluding hydrogens is 446 g/mol. The molecule has 0 radical (unpaired) electrons. The molecule has 10 heteroatoms. The van der Waals surface area contributed by atoms with Crippen molar-refractivity contribution < 1.29 is 22.9 Å². The van der Waals surface area contributed by atoms with Gasteiger partial charge in [-0.3, -0.25) is 14.9 Å². The fraction of sp³-hybridized carbons (Fsp3) is 0.174. The summed E-state index contributed by atoms with van der Waals surface area (Å²) in [6.07, 6.45) is 0.0812. The highest BCUT2D eigenvalue weighted by atomic mass is 32.2. The first-order valence-electron chi connectivity index (χ1n) is 10.1. The minimum Gasteiger partial charge on any atom is -0.494 e. The molecule has 0 saturated heterocycles. The van der Waals surface area contributed by atoms with Crippen LogP contribution in [0.1, 0.15) is 12.5 Å². The van der Waals surface area contributed by atoms with E-state index in [2.05, 4.69) is 10.0 Å². The molecule has 0 fully saturated rings. The van der Waals surface area contributed by atoms with E-state index >= 15 is 0 Å². The molecule has 2 N–H and O–H groups in total. The van der Waals surface area contributed by atoms with Crippen molar-refractivity contribution in [1.29, 1.82) is 0 Å². The van der Waals surface area contributed by atoms with Gasteiger partial charge in [0, 0.05) is 17.8 Å². The van der Waals surface area contributed by atoms with Crippen LogP contribution in [-0.2, 0) is 21.2 Å². The first kappa shape index (κ1) is 23.9. The average molecular weight is 470 g/mol. The van der Waals surface area contributed by atoms with Crippen LogP contribution in [0.3, 0.4) is 0 Å². The maximum absolute atomic E-state index is 13.0. The fourth-order valence-corrected chi connectivity index (χ4v) is 4.30. The molecule has 0 heterocycles. The molecular formula is C23H23N3O6S. The normalized spacial score (nSPS) is 12.0. The van der Waals surface area contributed by atoms with Crippen molar-refractivity contribution >= 4 is 27.3 Å². The lowest BCUT2D eigenvalue weighted by atomic mass is 10.1. The van der Waals surface area contributed by atoms with Gasteiger partial charge in [-0.1, -0.05) is 36.4 Å². The van der Waals surface area contributed by atoms with E-state index in [0.717, 1.165) is 5.56 Å². The van der Waals surface area contributed by atoms with Crippen LogP contribution >= 0.6 is 0 Å². The maximum atomic E-state index is 13.0. The van der Waals surface area contributed by atoms with Crippen molar-refractivity contribution in [2.45, 2.75) is 24.3 Å². The predicted molar refractivity (Wildman–Crippen MR) is 124 cm³/mol. The van der Waals surface area contributed by atoms with Crippen LogP contribution in [-0.4, -0.2) is 31.9 Å². The molecule has 33 heavy (non-hydrogen) atoms. The number of sulfonamides is 1. The number of amides is 1. The summed E-state index contributed by atoms with van der Waals surface area (Å²) < 4.78 is 33.8. The molecule has 0 saturated carbocycles. The highest BCUT2D eigenvalue weighted by Crippen LogP contribution is 2.19. The molecule has 172 valence electrons. The monoisotopic (exact) mass is 469 g/mol. The standard InChI is InChI=1S/C23H23N3O6S/c1-2-32-20-11-13-21(14-12-20)33(30,31)25-22(15-17-7-4-3-5-8-17)23(27)24-18-9-6-10-19(16-18)26(28)29/h3-14,16,22,25H,2,15H2,1H3,(H,24,27)/t22-/m1/s1. The number of nitro groups is 1. The molecule has 9 nitrogen and oxygen atoms in total. The van der Waals surface area contributed by atoms with Crippen molar-refractivity contribution in [3.63, 3.8) is 0 Å². The number of carbonyl (C=O) groups is 1. The van der Waals surface area contributed by atoms with Gasteiger partial charge in [0.05, 0.1) is 16.4 Å². The zero-order valence-electron chi connectivity index (χ0n) is 17.8. The average Bonchev–Trinajstić information content (AvgIpc) is 2.80. The molecule has 0 aliphatic carbocycles. The Morgan fingerprint density at radius 1 is 1.03 bits per heavy atom. The summed E-state index contributed by atoms with van der Waals surface area (Å²) in [6.45, 7) is 2.27. The summed E-state index contributed by atoms with van der Waals surface area (Å²) in [5.41, 5.74) is 0.737. The van der Waals surface area contributed by atoms with E-state index in [1.165, 1.54) is 48.5 Å². The molecule has 1 amide bonds. The highest BCUT2D eigenvalue weighted by Gasteiger charge is 2.26. The van der Waals surface area contributed by atoms with Crippen molar-refractivity contribution in [3.05, 3.63) is 94.5 Å². The first-order valence-corrected chi connectivity index (χ1v) is 11.6. The Morgan fingerprint density at radius 2 is 1.73 bits per heavy atom. The third-order valence-electron chi connectivity index (χ3n) is 4.67. The number of non-ortho nitro benzene ring substituents is 1. The van der Waals surface area contributed by atoms with E-state index in [-0.39, 0.29) is 22.7 Å². The molecule has 3 aromatic carbocycles. The Balaban J connectivity index is 1.85. The Bertz CT molecular complexity index is 1210. The molecule has 0 bridgehead atoms. The van der Waals surface area contributed by atoms with E-state index in [0.29, 0.717) is 12.4 Å². The number of benzene rings is 3. The lowest BCUT2D eigenvalue weighted by molar-refractivity contribution is -0.384. The van der Waals surface area contributed by atoms with Gasteiger partial charge in [0.2, 0.25) is 15.9 Å². The lowest BCUT2D eigenvalue weighted by Crippen LogP contribution is -2.45. The second-order valence-corrected chi connectivity index (χ2v) is 8.78. The van der Waals surface area contributed by atoms with E-state index in [9.17, 15) is 23.3 Å². The quantitative estimate of drug-likeness (QED) is 0.345. The Kier molecular flexibility index (Phi) is 7.75. The zero-order valence-corrected chi connectivity index (χ0v) is 18.6. The van der Waals surface area contributed by atoms with E-state index in [4.69, 9.17) is 4.74 Å². The number of nitrogens with zero attached hydrogens (tertiary/aromatic N) is 1. The smallest absolute Gasteiger partial charge is 0.271 e. The van der Waals surface area contributed by atoms with Crippen LogP contribution in [0.4, 0.5) is 11.4 Å². The predicted octanol–water partition coefficient (Wildman–Crippen LogP) is 3.52. The second kappa shape index (κ2) is 10.7. The largest absolute Gasteiger partial charge is 0.494 e. The van der Waals surface area contributed by atoms with E-state index in [1.807, 2.05) is 13.0 Å². The Labute approximate surface area is 191 Å². The number of nitrogens with one attached hydrogen (secondary N) is 2. The highest BCUT2D eigenvalue weighted by molar-refractivity contribution is 7.89. The van der Waals surface area contributed by atoms with E-state index < -0.39 is 26.9 Å². The van der Waals surface area contributed by atoms with Crippen LogP contribution in [0.2, 0.25) is 0 Å². The molecule has 0 spiro atoms. The van der Waals surface area contributed by atoms with Gasteiger partial charge in [0.1, 0.15) is 11.8 Å². The minimum atomic E-state index is -4.04. The van der Waals surface area contributed by atoms with E-state index in [1.54, 1.807) is 24.3 Å². The lowest BCUT2D eigenvalue weighted by Gasteiger charge is -2.19. The molecule has 0 aromatic heterocycles. The number of hydrogen-bond donors (Lipinski definition) is 2. The van der Waals surface area contributed by atoms with Gasteiger partial charge >= 0.3 is 0 Å². The summed E-state index contributed by atoms with van der Waals surface area (Å²) in [7, 11) is -4.04. The van der Waals surface area contributed by atoms with Crippen LogP contribution in [0, 0.1) is 10.1 Å². The number of rotatable bonds is 10. The molecule has 0 aliphatic rings. The van der Waals surface area contributed by atoms with Crippen molar-refractivity contribution in [1.82, 2.24) is 4.72 Å². The summed E-state index contributed by atoms with van der Waals surface area (Å²) in [5.74, 6) is -0.116. The molecule has 0 aliphatic heterocycles. The van der Waals surface area contributed by atoms with Crippen molar-refractivity contribution in [2.24, 2.45) is 0 Å². The number of ether oxygens (including phenoxy) is 1. The number of carbonyl (C=O) groups excluding carboxylic acids is 1. The van der Waals surface area contributed by atoms with Gasteiger partial charge in [0.25, 0.3) is 5.69 Å². The van der Waals surface area contributed by atoms with Crippen LogP contribution in [0.15, 0.2) is 83.8 Å². The maximum Gasteiger partial charge on any atom is 0.271 e. The second-order valence-electron chi connectivity index (χ2n) is 7.06. The fourth-order valence-electron chi connectivity index (χ4n) is 3.10. The van der Waals surface area contributed by atoms with Gasteiger partial charge in [-0.05, 0) is 49.2 Å². The summed E-state index contributed by atoms with van der Waals surface area (Å²) >= 11 is 0. The van der Waals surface area contributed by atoms with Gasteiger partial charge in [-0.2, -0.15) is 4.72 Å². The van der Waals surface area contributed by atoms with Crippen molar-refractivity contribution in [3.8, 4) is 5.75 Å². The van der Waals surface area contributed by atoms with Crippen molar-refractivity contribution in [2.75, 3.05) is 11.9 Å². The molecule has 0 unspecified atom stereocenters. The molecule has 3 aromatic rings. The molecule has 1 atom stereocenters. The third-order valence-corrected chi connectivity index (χ3v) is 6.15. The van der Waals surface area contributed by atoms with Crippen LogP contribution in [0.25, 0.3) is 0 Å². The van der Waals surface area contributed by atoms with Gasteiger partial charge in [-0.25, -0.2) is 8.42 Å². The van der Waals surface area contributed by atoms with Gasteiger partial charge in [-0.15, -0.1) is 0 Å². The summed E-state index contributed by atoms with van der Waals surface area (Å²) in [4.78, 5) is 23.4. The number of anilines is 1. The third kappa shape index (κ3) is 6.61. The molecule has 3 rings (SSSR count). The van der Waals surface area contributed by atoms with Crippen LogP contribution in [0.5, 0.6) is 5.75 Å². The topological polar surface area (TPSA) is 128 Å². The van der Waals surface area contributed by atoms with Crippen LogP contribution < -0.4 is 14.8 Å². The van der Waals surface area contributed by atoms with Gasteiger partial charge in [0.15, 0.2) is 0 Å².